The molecule has 0 spiro atoms. The summed E-state index contributed by atoms with van der Waals surface area (Å²) in [7, 11) is 3.00. The molecule has 1 heterocycles. The Labute approximate surface area is 278 Å². The highest BCUT2D eigenvalue weighted by molar-refractivity contribution is 5.87. The van der Waals surface area contributed by atoms with Gasteiger partial charge in [0.2, 0.25) is 0 Å². The first kappa shape index (κ1) is 36.4. The van der Waals surface area contributed by atoms with E-state index >= 15 is 0 Å². The first-order valence-corrected chi connectivity index (χ1v) is 15.6. The van der Waals surface area contributed by atoms with Crippen LogP contribution in [0.3, 0.4) is 0 Å². The molecule has 1 fully saturated rings. The van der Waals surface area contributed by atoms with Crippen LogP contribution in [0.15, 0.2) is 72.8 Å². The maximum absolute atomic E-state index is 13.0. The third kappa shape index (κ3) is 10.5. The zero-order valence-corrected chi connectivity index (χ0v) is 26.8. The van der Waals surface area contributed by atoms with Crippen LogP contribution in [0.4, 0.5) is 0 Å². The number of methoxy groups -OCH3 is 2. The molecular weight excluding hydrogens is 624 g/mol. The Kier molecular flexibility index (Phi) is 13.4. The van der Waals surface area contributed by atoms with Crippen LogP contribution >= 0.6 is 0 Å². The molecule has 1 aliphatic heterocycles. The number of hydrogen-bond acceptors (Lipinski definition) is 12. The Morgan fingerprint density at radius 1 is 0.812 bits per heavy atom. The van der Waals surface area contributed by atoms with Gasteiger partial charge in [-0.3, -0.25) is 4.79 Å². The van der Waals surface area contributed by atoms with Gasteiger partial charge in [0.25, 0.3) is 0 Å². The lowest BCUT2D eigenvalue weighted by Crippen LogP contribution is -2.60. The number of aliphatic hydroxyl groups excluding tert-OH is 3. The second kappa shape index (κ2) is 17.6. The van der Waals surface area contributed by atoms with E-state index in [0.29, 0.717) is 36.3 Å². The standard InChI is InChI=1S/C36H42O12/c1-44-29-17-9-24(19-30(29)45-2)10-18-32(40)46-21-31-33(41)34(42)35(43)36(48-31)47-28(16-8-23-5-13-26(38)14-6-23)20-27(39)15-7-22-3-11-25(37)12-4-22/h3-6,9-14,17-19,28,31,33-38,41-43H,7-8,15-16,20-21H2,1-2H3/b18-10+/t28-,31-,33-,34+,35-,36-/m1/s1. The van der Waals surface area contributed by atoms with Crippen molar-refractivity contribution >= 4 is 17.8 Å². The van der Waals surface area contributed by atoms with Gasteiger partial charge in [-0.2, -0.15) is 0 Å². The lowest BCUT2D eigenvalue weighted by molar-refractivity contribution is -0.311. The number of rotatable bonds is 16. The highest BCUT2D eigenvalue weighted by Gasteiger charge is 2.45. The molecule has 0 saturated carbocycles. The molecule has 0 amide bonds. The van der Waals surface area contributed by atoms with E-state index in [1.807, 2.05) is 0 Å². The Hall–Kier alpha value is -4.46. The van der Waals surface area contributed by atoms with Crippen molar-refractivity contribution < 1.29 is 58.8 Å². The van der Waals surface area contributed by atoms with Gasteiger partial charge in [0.05, 0.1) is 20.3 Å². The van der Waals surface area contributed by atoms with Gasteiger partial charge in [-0.1, -0.05) is 30.3 Å². The van der Waals surface area contributed by atoms with Crippen LogP contribution in [0.25, 0.3) is 6.08 Å². The lowest BCUT2D eigenvalue weighted by atomic mass is 9.98. The molecule has 0 bridgehead atoms. The number of Topliss-reactive ketones (excluding diaryl/α,β-unsaturated/α-hetero) is 1. The summed E-state index contributed by atoms with van der Waals surface area (Å²) in [4.78, 5) is 25.5. The number of hydrogen-bond donors (Lipinski definition) is 5. The minimum absolute atomic E-state index is 0.0258. The van der Waals surface area contributed by atoms with E-state index < -0.39 is 49.4 Å². The number of ether oxygens (including phenoxy) is 5. The molecule has 0 unspecified atom stereocenters. The summed E-state index contributed by atoms with van der Waals surface area (Å²) in [5, 5.41) is 51.1. The zero-order valence-electron chi connectivity index (χ0n) is 26.8. The fourth-order valence-corrected chi connectivity index (χ4v) is 5.20. The van der Waals surface area contributed by atoms with Crippen molar-refractivity contribution in [3.05, 3.63) is 89.5 Å². The molecule has 0 aromatic heterocycles. The Bertz CT molecular complexity index is 1500. The number of carbonyl (C=O) groups is 2. The van der Waals surface area contributed by atoms with E-state index in [1.165, 1.54) is 26.4 Å². The number of phenolic OH excluding ortho intramolecular Hbond substituents is 2. The van der Waals surface area contributed by atoms with Crippen LogP contribution < -0.4 is 9.47 Å². The van der Waals surface area contributed by atoms with E-state index in [1.54, 1.807) is 66.7 Å². The number of phenols is 2. The molecule has 1 saturated heterocycles. The number of esters is 1. The SMILES string of the molecule is COc1ccc(/C=C/C(=O)OC[C@H]2O[C@@H](O[C@H](CCc3ccc(O)cc3)CC(=O)CCc3ccc(O)cc3)[C@H](O)[C@@H](O)[C@@H]2O)cc1OC. The second-order valence-corrected chi connectivity index (χ2v) is 11.5. The van der Waals surface area contributed by atoms with Crippen molar-refractivity contribution in [2.45, 2.75) is 68.9 Å². The fourth-order valence-electron chi connectivity index (χ4n) is 5.20. The van der Waals surface area contributed by atoms with Crippen molar-refractivity contribution in [2.24, 2.45) is 0 Å². The van der Waals surface area contributed by atoms with Crippen LogP contribution in [0.5, 0.6) is 23.0 Å². The first-order chi connectivity index (χ1) is 23.1. The number of aliphatic hydroxyl groups is 3. The predicted molar refractivity (Wildman–Crippen MR) is 174 cm³/mol. The van der Waals surface area contributed by atoms with Gasteiger partial charge in [-0.05, 0) is 78.4 Å². The third-order valence-corrected chi connectivity index (χ3v) is 7.98. The summed E-state index contributed by atoms with van der Waals surface area (Å²) < 4.78 is 27.6. The number of aryl methyl sites for hydroxylation is 2. The normalized spacial score (nSPS) is 21.5. The Balaban J connectivity index is 1.38. The minimum atomic E-state index is -1.68. The molecule has 0 radical (unpaired) electrons. The average Bonchev–Trinajstić information content (AvgIpc) is 3.09. The molecule has 3 aromatic rings. The molecule has 3 aromatic carbocycles. The summed E-state index contributed by atoms with van der Waals surface area (Å²) in [6.45, 7) is -0.455. The molecule has 0 aliphatic carbocycles. The number of aromatic hydroxyl groups is 2. The topological polar surface area (TPSA) is 181 Å². The van der Waals surface area contributed by atoms with Crippen molar-refractivity contribution in [1.82, 2.24) is 0 Å². The lowest BCUT2D eigenvalue weighted by Gasteiger charge is -2.41. The van der Waals surface area contributed by atoms with Gasteiger partial charge >= 0.3 is 5.97 Å². The van der Waals surface area contributed by atoms with E-state index in [9.17, 15) is 35.1 Å². The van der Waals surface area contributed by atoms with Gasteiger partial charge < -0.3 is 49.2 Å². The van der Waals surface area contributed by atoms with Crippen molar-refractivity contribution in [1.29, 1.82) is 0 Å². The molecule has 1 aliphatic rings. The van der Waals surface area contributed by atoms with Gasteiger partial charge in [0.1, 0.15) is 48.3 Å². The summed E-state index contributed by atoms with van der Waals surface area (Å²) in [5.41, 5.74) is 2.40. The number of benzene rings is 3. The van der Waals surface area contributed by atoms with Crippen LogP contribution in [-0.4, -0.2) is 94.9 Å². The van der Waals surface area contributed by atoms with Gasteiger partial charge in [0, 0.05) is 18.9 Å². The third-order valence-electron chi connectivity index (χ3n) is 7.98. The molecular formula is C36H42O12. The maximum Gasteiger partial charge on any atom is 0.330 e. The summed E-state index contributed by atoms with van der Waals surface area (Å²) in [6.07, 6.45) is -4.24. The van der Waals surface area contributed by atoms with Crippen LogP contribution in [-0.2, 0) is 36.6 Å². The number of ketones is 1. The second-order valence-electron chi connectivity index (χ2n) is 11.5. The van der Waals surface area contributed by atoms with E-state index in [2.05, 4.69) is 0 Å². The van der Waals surface area contributed by atoms with Crippen molar-refractivity contribution in [3.63, 3.8) is 0 Å². The van der Waals surface area contributed by atoms with Gasteiger partial charge in [-0.15, -0.1) is 0 Å². The largest absolute Gasteiger partial charge is 0.508 e. The quantitative estimate of drug-likeness (QED) is 0.112. The minimum Gasteiger partial charge on any atom is -0.508 e. The molecule has 5 N–H and O–H groups in total. The highest BCUT2D eigenvalue weighted by atomic mass is 16.7. The first-order valence-electron chi connectivity index (χ1n) is 15.6. The molecule has 48 heavy (non-hydrogen) atoms. The van der Waals surface area contributed by atoms with Crippen LogP contribution in [0.2, 0.25) is 0 Å². The zero-order chi connectivity index (χ0) is 34.6. The summed E-state index contributed by atoms with van der Waals surface area (Å²) >= 11 is 0. The van der Waals surface area contributed by atoms with Crippen molar-refractivity contribution in [2.75, 3.05) is 20.8 Å². The maximum atomic E-state index is 13.0. The van der Waals surface area contributed by atoms with Crippen LogP contribution in [0.1, 0.15) is 36.0 Å². The highest BCUT2D eigenvalue weighted by Crippen LogP contribution is 2.29. The number of carbonyl (C=O) groups excluding carboxylic acids is 2. The monoisotopic (exact) mass is 666 g/mol. The summed E-state index contributed by atoms with van der Waals surface area (Å²) in [5.74, 6) is 0.390. The predicted octanol–water partition coefficient (Wildman–Crippen LogP) is 3.09. The van der Waals surface area contributed by atoms with Gasteiger partial charge in [0.15, 0.2) is 17.8 Å². The Morgan fingerprint density at radius 2 is 1.44 bits per heavy atom. The fraction of sp³-hybridized carbons (Fsp3) is 0.389. The van der Waals surface area contributed by atoms with E-state index in [4.69, 9.17) is 23.7 Å². The van der Waals surface area contributed by atoms with E-state index in [-0.39, 0.29) is 30.1 Å². The van der Waals surface area contributed by atoms with Gasteiger partial charge in [-0.25, -0.2) is 4.79 Å². The molecule has 258 valence electrons. The molecule has 4 rings (SSSR count). The molecule has 6 atom stereocenters. The van der Waals surface area contributed by atoms with E-state index in [0.717, 1.165) is 11.1 Å². The smallest absolute Gasteiger partial charge is 0.330 e. The summed E-state index contributed by atoms with van der Waals surface area (Å²) in [6, 6.07) is 18.2. The Morgan fingerprint density at radius 3 is 2.06 bits per heavy atom. The van der Waals surface area contributed by atoms with Crippen LogP contribution in [0, 0.1) is 0 Å². The average molecular weight is 667 g/mol. The molecule has 12 heteroatoms. The van der Waals surface area contributed by atoms with Crippen molar-refractivity contribution in [3.8, 4) is 23.0 Å². The molecule has 12 nitrogen and oxygen atoms in total.